The SMILES string of the molecule is CCn1c(SC(C)C(=O)N2CCC(Cc3ccccc3)CC2)nnc1-c1ccc(OC)cc1. The van der Waals surface area contributed by atoms with E-state index in [1.165, 1.54) is 17.3 Å². The summed E-state index contributed by atoms with van der Waals surface area (Å²) in [7, 11) is 1.66. The minimum Gasteiger partial charge on any atom is -0.497 e. The van der Waals surface area contributed by atoms with Gasteiger partial charge in [-0.15, -0.1) is 10.2 Å². The van der Waals surface area contributed by atoms with Crippen LogP contribution in [0.1, 0.15) is 32.3 Å². The fourth-order valence-corrected chi connectivity index (χ4v) is 5.38. The van der Waals surface area contributed by atoms with Gasteiger partial charge < -0.3 is 14.2 Å². The van der Waals surface area contributed by atoms with Crippen molar-refractivity contribution in [2.24, 2.45) is 5.92 Å². The summed E-state index contributed by atoms with van der Waals surface area (Å²) >= 11 is 1.50. The lowest BCUT2D eigenvalue weighted by Gasteiger charge is -2.33. The summed E-state index contributed by atoms with van der Waals surface area (Å²) in [5.74, 6) is 2.45. The maximum Gasteiger partial charge on any atom is 0.235 e. The molecule has 4 rings (SSSR count). The summed E-state index contributed by atoms with van der Waals surface area (Å²) in [5.41, 5.74) is 2.37. The van der Waals surface area contributed by atoms with Crippen molar-refractivity contribution in [2.75, 3.05) is 20.2 Å². The van der Waals surface area contributed by atoms with Gasteiger partial charge in [-0.1, -0.05) is 42.1 Å². The van der Waals surface area contributed by atoms with Crippen LogP contribution in [0.15, 0.2) is 59.8 Å². The van der Waals surface area contributed by atoms with Crippen LogP contribution in [0.25, 0.3) is 11.4 Å². The monoisotopic (exact) mass is 464 g/mol. The predicted molar refractivity (Wildman–Crippen MR) is 132 cm³/mol. The van der Waals surface area contributed by atoms with Crippen molar-refractivity contribution in [3.8, 4) is 17.1 Å². The Balaban J connectivity index is 1.35. The van der Waals surface area contributed by atoms with Crippen LogP contribution in [0.5, 0.6) is 5.75 Å². The molecule has 0 radical (unpaired) electrons. The Hall–Kier alpha value is -2.80. The number of likely N-dealkylation sites (tertiary alicyclic amines) is 1. The van der Waals surface area contributed by atoms with Crippen LogP contribution in [0.3, 0.4) is 0 Å². The third-order valence-electron chi connectivity index (χ3n) is 6.30. The van der Waals surface area contributed by atoms with Gasteiger partial charge in [-0.3, -0.25) is 4.79 Å². The van der Waals surface area contributed by atoms with Gasteiger partial charge in [-0.05, 0) is 68.9 Å². The molecular formula is C26H32N4O2S. The summed E-state index contributed by atoms with van der Waals surface area (Å²) < 4.78 is 7.32. The maximum atomic E-state index is 13.1. The number of hydrogen-bond donors (Lipinski definition) is 0. The quantitative estimate of drug-likeness (QED) is 0.442. The second kappa shape index (κ2) is 10.9. The molecule has 0 bridgehead atoms. The van der Waals surface area contributed by atoms with Gasteiger partial charge in [0.15, 0.2) is 11.0 Å². The Kier molecular flexibility index (Phi) is 7.70. The third-order valence-corrected chi connectivity index (χ3v) is 7.37. The number of ether oxygens (including phenoxy) is 1. The van der Waals surface area contributed by atoms with E-state index in [4.69, 9.17) is 4.74 Å². The Bertz CT molecular complexity index is 1040. The molecule has 0 spiro atoms. The average Bonchev–Trinajstić information content (AvgIpc) is 3.27. The molecule has 0 N–H and O–H groups in total. The zero-order chi connectivity index (χ0) is 23.2. The molecule has 33 heavy (non-hydrogen) atoms. The minimum atomic E-state index is -0.200. The van der Waals surface area contributed by atoms with E-state index in [-0.39, 0.29) is 11.2 Å². The third kappa shape index (κ3) is 5.58. The summed E-state index contributed by atoms with van der Waals surface area (Å²) in [6, 6.07) is 18.5. The van der Waals surface area contributed by atoms with E-state index in [0.717, 1.165) is 61.2 Å². The van der Waals surface area contributed by atoms with E-state index in [0.29, 0.717) is 5.92 Å². The molecule has 0 aliphatic carbocycles. The van der Waals surface area contributed by atoms with Crippen molar-refractivity contribution in [3.05, 3.63) is 60.2 Å². The number of nitrogens with zero attached hydrogens (tertiary/aromatic N) is 4. The second-order valence-electron chi connectivity index (χ2n) is 8.50. The lowest BCUT2D eigenvalue weighted by atomic mass is 9.90. The number of thioether (sulfide) groups is 1. The topological polar surface area (TPSA) is 60.2 Å². The Morgan fingerprint density at radius 1 is 1.09 bits per heavy atom. The zero-order valence-corrected chi connectivity index (χ0v) is 20.4. The first-order chi connectivity index (χ1) is 16.1. The van der Waals surface area contributed by atoms with Gasteiger partial charge in [0.25, 0.3) is 0 Å². The first-order valence-corrected chi connectivity index (χ1v) is 12.5. The van der Waals surface area contributed by atoms with E-state index >= 15 is 0 Å². The van der Waals surface area contributed by atoms with Crippen molar-refractivity contribution in [3.63, 3.8) is 0 Å². The standard InChI is InChI=1S/C26H32N4O2S/c1-4-30-24(22-10-12-23(32-3)13-11-22)27-28-26(30)33-19(2)25(31)29-16-14-21(15-17-29)18-20-8-6-5-7-9-20/h5-13,19,21H,4,14-18H2,1-3H3. The van der Waals surface area contributed by atoms with E-state index in [1.54, 1.807) is 7.11 Å². The molecule has 1 aliphatic heterocycles. The molecule has 174 valence electrons. The van der Waals surface area contributed by atoms with Crippen LogP contribution in [-0.4, -0.2) is 51.0 Å². The molecule has 1 aromatic heterocycles. The summed E-state index contributed by atoms with van der Waals surface area (Å²) in [5, 5.41) is 9.40. The number of piperidine rings is 1. The largest absolute Gasteiger partial charge is 0.497 e. The lowest BCUT2D eigenvalue weighted by molar-refractivity contribution is -0.131. The normalized spacial score (nSPS) is 15.4. The first-order valence-electron chi connectivity index (χ1n) is 11.7. The summed E-state index contributed by atoms with van der Waals surface area (Å²) in [4.78, 5) is 15.2. The van der Waals surface area contributed by atoms with Crippen molar-refractivity contribution in [1.29, 1.82) is 0 Å². The van der Waals surface area contributed by atoms with E-state index in [9.17, 15) is 4.79 Å². The van der Waals surface area contributed by atoms with E-state index in [2.05, 4.69) is 52.0 Å². The fourth-order valence-electron chi connectivity index (χ4n) is 4.39. The predicted octanol–water partition coefficient (Wildman–Crippen LogP) is 4.94. The van der Waals surface area contributed by atoms with Gasteiger partial charge >= 0.3 is 0 Å². The minimum absolute atomic E-state index is 0.190. The molecule has 2 aromatic carbocycles. The smallest absolute Gasteiger partial charge is 0.235 e. The van der Waals surface area contributed by atoms with Gasteiger partial charge in [0.2, 0.25) is 5.91 Å². The Morgan fingerprint density at radius 3 is 2.42 bits per heavy atom. The van der Waals surface area contributed by atoms with Crippen molar-refractivity contribution >= 4 is 17.7 Å². The number of carbonyl (C=O) groups excluding carboxylic acids is 1. The zero-order valence-electron chi connectivity index (χ0n) is 19.6. The average molecular weight is 465 g/mol. The molecule has 1 aliphatic rings. The number of methoxy groups -OCH3 is 1. The Labute approximate surface area is 200 Å². The highest BCUT2D eigenvalue weighted by atomic mass is 32.2. The van der Waals surface area contributed by atoms with Crippen molar-refractivity contribution in [2.45, 2.75) is 50.1 Å². The van der Waals surface area contributed by atoms with Crippen LogP contribution in [0, 0.1) is 5.92 Å². The Morgan fingerprint density at radius 2 is 1.79 bits per heavy atom. The number of rotatable bonds is 8. The highest BCUT2D eigenvalue weighted by Gasteiger charge is 2.28. The van der Waals surface area contributed by atoms with Crippen molar-refractivity contribution in [1.82, 2.24) is 19.7 Å². The number of aromatic nitrogens is 3. The van der Waals surface area contributed by atoms with Gasteiger partial charge in [0, 0.05) is 25.2 Å². The van der Waals surface area contributed by atoms with Crippen LogP contribution in [-0.2, 0) is 17.8 Å². The van der Waals surface area contributed by atoms with Crippen LogP contribution in [0.4, 0.5) is 0 Å². The summed E-state index contributed by atoms with van der Waals surface area (Å²) in [6.45, 7) is 6.45. The molecular weight excluding hydrogens is 432 g/mol. The molecule has 6 nitrogen and oxygen atoms in total. The number of amides is 1. The molecule has 2 heterocycles. The molecule has 0 saturated carbocycles. The van der Waals surface area contributed by atoms with Crippen LogP contribution < -0.4 is 4.74 Å². The first kappa shape index (κ1) is 23.4. The fraction of sp³-hybridized carbons (Fsp3) is 0.423. The highest BCUT2D eigenvalue weighted by Crippen LogP contribution is 2.30. The second-order valence-corrected chi connectivity index (χ2v) is 9.81. The summed E-state index contributed by atoms with van der Waals surface area (Å²) in [6.07, 6.45) is 3.22. The lowest BCUT2D eigenvalue weighted by Crippen LogP contribution is -2.42. The molecule has 7 heteroatoms. The van der Waals surface area contributed by atoms with Crippen LogP contribution in [0.2, 0.25) is 0 Å². The number of hydrogen-bond acceptors (Lipinski definition) is 5. The van der Waals surface area contributed by atoms with Crippen molar-refractivity contribution < 1.29 is 9.53 Å². The molecule has 1 atom stereocenters. The maximum absolute atomic E-state index is 13.1. The van der Waals surface area contributed by atoms with E-state index in [1.807, 2.05) is 36.1 Å². The number of benzene rings is 2. The van der Waals surface area contributed by atoms with Gasteiger partial charge in [-0.25, -0.2) is 0 Å². The van der Waals surface area contributed by atoms with Gasteiger partial charge in [0.1, 0.15) is 5.75 Å². The van der Waals surface area contributed by atoms with Gasteiger partial charge in [-0.2, -0.15) is 0 Å². The molecule has 1 amide bonds. The van der Waals surface area contributed by atoms with Crippen LogP contribution >= 0.6 is 11.8 Å². The highest BCUT2D eigenvalue weighted by molar-refractivity contribution is 8.00. The molecule has 1 unspecified atom stereocenters. The molecule has 3 aromatic rings. The van der Waals surface area contributed by atoms with E-state index < -0.39 is 0 Å². The number of carbonyl (C=O) groups is 1. The van der Waals surface area contributed by atoms with Gasteiger partial charge in [0.05, 0.1) is 12.4 Å². The molecule has 1 saturated heterocycles. The molecule has 1 fully saturated rings.